The van der Waals surface area contributed by atoms with Crippen LogP contribution in [0.2, 0.25) is 0 Å². The summed E-state index contributed by atoms with van der Waals surface area (Å²) < 4.78 is 11.3. The van der Waals surface area contributed by atoms with Crippen LogP contribution in [0.15, 0.2) is 96.9 Å². The second-order valence-electron chi connectivity index (χ2n) is 7.02. The molecule has 3 nitrogen and oxygen atoms in total. The molecule has 1 aliphatic rings. The number of hydrogen-bond donors (Lipinski definition) is 0. The van der Waals surface area contributed by atoms with Gasteiger partial charge in [0.05, 0.1) is 18.8 Å². The molecule has 0 amide bonds. The SMILES string of the molecule is COc1cccc(CC2=COC[C@H](Cc3ccccc3)N2c2ccccc2)c1. The van der Waals surface area contributed by atoms with Crippen molar-refractivity contribution in [3.8, 4) is 5.75 Å². The van der Waals surface area contributed by atoms with Crippen LogP contribution in [0.5, 0.6) is 5.75 Å². The van der Waals surface area contributed by atoms with Crippen molar-refractivity contribution in [1.82, 2.24) is 0 Å². The van der Waals surface area contributed by atoms with Crippen molar-refractivity contribution >= 4 is 5.69 Å². The van der Waals surface area contributed by atoms with Gasteiger partial charge < -0.3 is 14.4 Å². The predicted molar refractivity (Wildman–Crippen MR) is 114 cm³/mol. The van der Waals surface area contributed by atoms with Crippen LogP contribution in [0.3, 0.4) is 0 Å². The summed E-state index contributed by atoms with van der Waals surface area (Å²) in [6.07, 6.45) is 3.64. The Bertz CT molecular complexity index is 922. The van der Waals surface area contributed by atoms with E-state index in [1.807, 2.05) is 18.4 Å². The molecule has 142 valence electrons. The van der Waals surface area contributed by atoms with Gasteiger partial charge in [-0.15, -0.1) is 0 Å². The third-order valence-corrected chi connectivity index (χ3v) is 5.05. The average Bonchev–Trinajstić information content (AvgIpc) is 2.75. The van der Waals surface area contributed by atoms with E-state index in [9.17, 15) is 0 Å². The zero-order chi connectivity index (χ0) is 19.2. The number of methoxy groups -OCH3 is 1. The largest absolute Gasteiger partial charge is 0.497 e. The zero-order valence-electron chi connectivity index (χ0n) is 16.1. The Morgan fingerprint density at radius 2 is 1.61 bits per heavy atom. The molecular formula is C25H25NO2. The molecule has 1 atom stereocenters. The molecule has 0 spiro atoms. The van der Waals surface area contributed by atoms with Crippen molar-refractivity contribution < 1.29 is 9.47 Å². The summed E-state index contributed by atoms with van der Waals surface area (Å²) in [6, 6.07) is 29.7. The Hall–Kier alpha value is -3.20. The normalized spacial score (nSPS) is 16.2. The van der Waals surface area contributed by atoms with E-state index >= 15 is 0 Å². The molecule has 3 aromatic carbocycles. The van der Waals surface area contributed by atoms with Gasteiger partial charge in [0.2, 0.25) is 0 Å². The van der Waals surface area contributed by atoms with E-state index in [0.29, 0.717) is 6.61 Å². The first-order chi connectivity index (χ1) is 13.8. The van der Waals surface area contributed by atoms with Gasteiger partial charge in [-0.1, -0.05) is 60.7 Å². The van der Waals surface area contributed by atoms with Crippen molar-refractivity contribution in [2.45, 2.75) is 18.9 Å². The van der Waals surface area contributed by atoms with Gasteiger partial charge in [-0.2, -0.15) is 0 Å². The molecule has 0 aliphatic carbocycles. The fraction of sp³-hybridized carbons (Fsp3) is 0.200. The van der Waals surface area contributed by atoms with Gasteiger partial charge in [0.15, 0.2) is 0 Å². The lowest BCUT2D eigenvalue weighted by Gasteiger charge is -2.38. The molecule has 0 fully saturated rings. The van der Waals surface area contributed by atoms with Gasteiger partial charge in [-0.25, -0.2) is 0 Å². The van der Waals surface area contributed by atoms with Crippen LogP contribution < -0.4 is 9.64 Å². The fourth-order valence-corrected chi connectivity index (χ4v) is 3.74. The van der Waals surface area contributed by atoms with Crippen LogP contribution in [-0.2, 0) is 17.6 Å². The van der Waals surface area contributed by atoms with E-state index in [-0.39, 0.29) is 6.04 Å². The van der Waals surface area contributed by atoms with E-state index in [4.69, 9.17) is 9.47 Å². The molecule has 1 aliphatic heterocycles. The van der Waals surface area contributed by atoms with Gasteiger partial charge in [0.25, 0.3) is 0 Å². The third kappa shape index (κ3) is 4.20. The van der Waals surface area contributed by atoms with Crippen LogP contribution >= 0.6 is 0 Å². The number of rotatable bonds is 6. The van der Waals surface area contributed by atoms with Crippen LogP contribution in [0.4, 0.5) is 5.69 Å². The Kier molecular flexibility index (Phi) is 5.62. The monoisotopic (exact) mass is 371 g/mol. The number of allylic oxidation sites excluding steroid dienone is 1. The van der Waals surface area contributed by atoms with E-state index in [2.05, 4.69) is 77.7 Å². The second kappa shape index (κ2) is 8.66. The highest BCUT2D eigenvalue weighted by atomic mass is 16.5. The highest BCUT2D eigenvalue weighted by Crippen LogP contribution is 2.29. The van der Waals surface area contributed by atoms with Crippen LogP contribution in [0, 0.1) is 0 Å². The Labute approximate surface area is 166 Å². The first kappa shape index (κ1) is 18.2. The molecule has 0 saturated carbocycles. The van der Waals surface area contributed by atoms with Crippen molar-refractivity contribution in [2.24, 2.45) is 0 Å². The van der Waals surface area contributed by atoms with E-state index < -0.39 is 0 Å². The van der Waals surface area contributed by atoms with E-state index in [0.717, 1.165) is 24.3 Å². The van der Waals surface area contributed by atoms with Crippen LogP contribution in [0.1, 0.15) is 11.1 Å². The highest BCUT2D eigenvalue weighted by molar-refractivity contribution is 5.55. The molecule has 0 radical (unpaired) electrons. The molecule has 1 heterocycles. The summed E-state index contributed by atoms with van der Waals surface area (Å²) in [5, 5.41) is 0. The molecule has 3 aromatic rings. The maximum Gasteiger partial charge on any atom is 0.119 e. The molecule has 0 bridgehead atoms. The minimum atomic E-state index is 0.246. The summed E-state index contributed by atoms with van der Waals surface area (Å²) >= 11 is 0. The molecule has 28 heavy (non-hydrogen) atoms. The van der Waals surface area contributed by atoms with Crippen molar-refractivity contribution in [2.75, 3.05) is 18.6 Å². The molecular weight excluding hydrogens is 346 g/mol. The summed E-state index contributed by atoms with van der Waals surface area (Å²) in [5.41, 5.74) is 4.88. The predicted octanol–water partition coefficient (Wildman–Crippen LogP) is 5.23. The molecule has 4 rings (SSSR count). The molecule has 3 heteroatoms. The second-order valence-corrected chi connectivity index (χ2v) is 7.02. The molecule has 0 saturated heterocycles. The third-order valence-electron chi connectivity index (χ3n) is 5.05. The summed E-state index contributed by atoms with van der Waals surface area (Å²) in [7, 11) is 1.70. The lowest BCUT2D eigenvalue weighted by molar-refractivity contribution is 0.202. The smallest absolute Gasteiger partial charge is 0.119 e. The van der Waals surface area contributed by atoms with Gasteiger partial charge in [-0.3, -0.25) is 0 Å². The van der Waals surface area contributed by atoms with E-state index in [1.54, 1.807) is 7.11 Å². The average molecular weight is 371 g/mol. The quantitative estimate of drug-likeness (QED) is 0.592. The minimum absolute atomic E-state index is 0.246. The van der Waals surface area contributed by atoms with Crippen molar-refractivity contribution in [3.05, 3.63) is 108 Å². The van der Waals surface area contributed by atoms with Crippen molar-refractivity contribution in [1.29, 1.82) is 0 Å². The Morgan fingerprint density at radius 3 is 2.36 bits per heavy atom. The Balaban J connectivity index is 1.64. The van der Waals surface area contributed by atoms with Gasteiger partial charge in [-0.05, 0) is 41.8 Å². The standard InChI is InChI=1S/C25H25NO2/c1-27-25-14-8-11-21(17-25)16-24-19-28-18-23(15-20-9-4-2-5-10-20)26(24)22-12-6-3-7-13-22/h2-14,17,19,23H,15-16,18H2,1H3/t23-/m0/s1. The zero-order valence-corrected chi connectivity index (χ0v) is 16.1. The number of hydrogen-bond acceptors (Lipinski definition) is 3. The molecule has 0 N–H and O–H groups in total. The highest BCUT2D eigenvalue weighted by Gasteiger charge is 2.27. The lowest BCUT2D eigenvalue weighted by Crippen LogP contribution is -2.43. The summed E-state index contributed by atoms with van der Waals surface area (Å²) in [6.45, 7) is 0.672. The fourth-order valence-electron chi connectivity index (χ4n) is 3.74. The first-order valence-electron chi connectivity index (χ1n) is 9.65. The molecule has 0 unspecified atom stereocenters. The van der Waals surface area contributed by atoms with Gasteiger partial charge in [0.1, 0.15) is 18.6 Å². The lowest BCUT2D eigenvalue weighted by atomic mass is 10.0. The maximum absolute atomic E-state index is 5.91. The first-order valence-corrected chi connectivity index (χ1v) is 9.65. The van der Waals surface area contributed by atoms with Gasteiger partial charge >= 0.3 is 0 Å². The topological polar surface area (TPSA) is 21.7 Å². The number of nitrogens with zero attached hydrogens (tertiary/aromatic N) is 1. The number of ether oxygens (including phenoxy) is 2. The maximum atomic E-state index is 5.91. The van der Waals surface area contributed by atoms with Crippen LogP contribution in [-0.4, -0.2) is 19.8 Å². The van der Waals surface area contributed by atoms with Crippen molar-refractivity contribution in [3.63, 3.8) is 0 Å². The number of para-hydroxylation sites is 1. The van der Waals surface area contributed by atoms with Gasteiger partial charge in [0, 0.05) is 12.1 Å². The summed E-state index contributed by atoms with van der Waals surface area (Å²) in [5.74, 6) is 0.877. The minimum Gasteiger partial charge on any atom is -0.497 e. The molecule has 0 aromatic heterocycles. The Morgan fingerprint density at radius 1 is 0.893 bits per heavy atom. The van der Waals surface area contributed by atoms with Crippen LogP contribution in [0.25, 0.3) is 0 Å². The number of benzene rings is 3. The number of anilines is 1. The summed E-state index contributed by atoms with van der Waals surface area (Å²) in [4.78, 5) is 2.43. The van der Waals surface area contributed by atoms with E-state index in [1.165, 1.54) is 16.8 Å².